The standard InChI is InChI=1S/C22H27N3O3/c1-24(22(28)13-17-7-9-19(10-8-17)23-16-26)21(18-5-3-2-4-6-18)15-25-12-11-20(27)14-25/h2-10,16,20-21,27H,11-15H2,1H3,(H,23,26)/t20-,21?/m0/s1. The lowest BCUT2D eigenvalue weighted by Gasteiger charge is -2.32. The molecule has 2 N–H and O–H groups in total. The van der Waals surface area contributed by atoms with E-state index < -0.39 is 0 Å². The smallest absolute Gasteiger partial charge is 0.227 e. The molecule has 0 aromatic heterocycles. The molecule has 0 radical (unpaired) electrons. The molecule has 0 spiro atoms. The number of nitrogens with one attached hydrogen (secondary N) is 1. The summed E-state index contributed by atoms with van der Waals surface area (Å²) >= 11 is 0. The highest BCUT2D eigenvalue weighted by Gasteiger charge is 2.28. The van der Waals surface area contributed by atoms with E-state index in [0.29, 0.717) is 31.6 Å². The molecule has 0 aliphatic carbocycles. The van der Waals surface area contributed by atoms with Crippen molar-refractivity contribution in [1.29, 1.82) is 0 Å². The summed E-state index contributed by atoms with van der Waals surface area (Å²) in [4.78, 5) is 27.5. The summed E-state index contributed by atoms with van der Waals surface area (Å²) in [7, 11) is 1.84. The minimum Gasteiger partial charge on any atom is -0.392 e. The fourth-order valence-corrected chi connectivity index (χ4v) is 3.61. The summed E-state index contributed by atoms with van der Waals surface area (Å²) in [5.74, 6) is 0.0321. The molecule has 148 valence electrons. The quantitative estimate of drug-likeness (QED) is 0.687. The molecule has 6 nitrogen and oxygen atoms in total. The van der Waals surface area contributed by atoms with Crippen molar-refractivity contribution in [2.45, 2.75) is 25.0 Å². The number of rotatable bonds is 8. The highest BCUT2D eigenvalue weighted by molar-refractivity contribution is 5.79. The number of anilines is 1. The predicted molar refractivity (Wildman–Crippen MR) is 109 cm³/mol. The molecule has 28 heavy (non-hydrogen) atoms. The molecule has 1 heterocycles. The Labute approximate surface area is 165 Å². The maximum Gasteiger partial charge on any atom is 0.227 e. The van der Waals surface area contributed by atoms with Crippen molar-refractivity contribution >= 4 is 18.0 Å². The zero-order valence-corrected chi connectivity index (χ0v) is 16.1. The number of hydrogen-bond donors (Lipinski definition) is 2. The Bertz CT molecular complexity index is 779. The van der Waals surface area contributed by atoms with E-state index in [2.05, 4.69) is 10.2 Å². The molecule has 2 amide bonds. The SMILES string of the molecule is CN(C(=O)Cc1ccc(NC=O)cc1)C(CN1CC[C@H](O)C1)c1ccccc1. The molecule has 2 atom stereocenters. The van der Waals surface area contributed by atoms with E-state index in [1.54, 1.807) is 17.0 Å². The van der Waals surface area contributed by atoms with Crippen molar-refractivity contribution in [3.05, 3.63) is 65.7 Å². The molecular formula is C22H27N3O3. The van der Waals surface area contributed by atoms with Crippen LogP contribution in [0.2, 0.25) is 0 Å². The molecule has 0 bridgehead atoms. The van der Waals surface area contributed by atoms with Crippen molar-refractivity contribution in [3.63, 3.8) is 0 Å². The van der Waals surface area contributed by atoms with Crippen LogP contribution in [0.1, 0.15) is 23.6 Å². The Morgan fingerprint density at radius 1 is 1.25 bits per heavy atom. The van der Waals surface area contributed by atoms with E-state index in [4.69, 9.17) is 0 Å². The van der Waals surface area contributed by atoms with Gasteiger partial charge in [-0.2, -0.15) is 0 Å². The highest BCUT2D eigenvalue weighted by atomic mass is 16.3. The van der Waals surface area contributed by atoms with Gasteiger partial charge in [-0.1, -0.05) is 42.5 Å². The number of aliphatic hydroxyl groups excluding tert-OH is 1. The molecule has 1 aliphatic heterocycles. The zero-order valence-electron chi connectivity index (χ0n) is 16.1. The topological polar surface area (TPSA) is 72.9 Å². The summed E-state index contributed by atoms with van der Waals surface area (Å²) in [5, 5.41) is 12.4. The van der Waals surface area contributed by atoms with Crippen LogP contribution in [0.4, 0.5) is 5.69 Å². The molecule has 1 fully saturated rings. The Morgan fingerprint density at radius 2 is 1.96 bits per heavy atom. The minimum absolute atomic E-state index is 0.0321. The van der Waals surface area contributed by atoms with Gasteiger partial charge in [0.05, 0.1) is 18.6 Å². The fraction of sp³-hybridized carbons (Fsp3) is 0.364. The third kappa shape index (κ3) is 5.18. The Hall–Kier alpha value is -2.70. The van der Waals surface area contributed by atoms with Crippen LogP contribution >= 0.6 is 0 Å². The van der Waals surface area contributed by atoms with E-state index in [1.807, 2.05) is 49.5 Å². The third-order valence-electron chi connectivity index (χ3n) is 5.26. The van der Waals surface area contributed by atoms with Crippen molar-refractivity contribution in [3.8, 4) is 0 Å². The van der Waals surface area contributed by atoms with Gasteiger partial charge in [0.15, 0.2) is 0 Å². The van der Waals surface area contributed by atoms with Crippen molar-refractivity contribution in [1.82, 2.24) is 9.80 Å². The first kappa shape index (κ1) is 20.0. The maximum atomic E-state index is 13.0. The molecule has 1 aliphatic rings. The van der Waals surface area contributed by atoms with E-state index in [-0.39, 0.29) is 18.1 Å². The minimum atomic E-state index is -0.282. The Kier molecular flexibility index (Phi) is 6.79. The average molecular weight is 381 g/mol. The first-order valence-corrected chi connectivity index (χ1v) is 9.57. The molecule has 2 aromatic carbocycles. The van der Waals surface area contributed by atoms with Gasteiger partial charge in [0.2, 0.25) is 12.3 Å². The normalized spacial score (nSPS) is 17.9. The third-order valence-corrected chi connectivity index (χ3v) is 5.26. The van der Waals surface area contributed by atoms with Crippen molar-refractivity contribution in [2.24, 2.45) is 0 Å². The number of carbonyl (C=O) groups excluding carboxylic acids is 2. The number of likely N-dealkylation sites (N-methyl/N-ethyl adjacent to an activating group) is 1. The summed E-state index contributed by atoms with van der Waals surface area (Å²) in [5.41, 5.74) is 2.69. The second-order valence-corrected chi connectivity index (χ2v) is 7.27. The Balaban J connectivity index is 1.71. The van der Waals surface area contributed by atoms with Gasteiger partial charge < -0.3 is 15.3 Å². The molecule has 3 rings (SSSR count). The number of hydrogen-bond acceptors (Lipinski definition) is 4. The van der Waals surface area contributed by atoms with Crippen LogP contribution < -0.4 is 5.32 Å². The lowest BCUT2D eigenvalue weighted by atomic mass is 10.0. The van der Waals surface area contributed by atoms with E-state index >= 15 is 0 Å². The first-order chi connectivity index (χ1) is 13.6. The maximum absolute atomic E-state index is 13.0. The number of benzene rings is 2. The highest BCUT2D eigenvalue weighted by Crippen LogP contribution is 2.24. The number of nitrogens with zero attached hydrogens (tertiary/aromatic N) is 2. The van der Waals surface area contributed by atoms with Gasteiger partial charge in [0, 0.05) is 32.4 Å². The summed E-state index contributed by atoms with van der Waals surface area (Å²) < 4.78 is 0. The number of amides is 2. The van der Waals surface area contributed by atoms with E-state index in [1.165, 1.54) is 0 Å². The van der Waals surface area contributed by atoms with Crippen LogP contribution in [-0.4, -0.2) is 60.0 Å². The van der Waals surface area contributed by atoms with Crippen LogP contribution in [0.25, 0.3) is 0 Å². The second kappa shape index (κ2) is 9.48. The van der Waals surface area contributed by atoms with Gasteiger partial charge in [0.25, 0.3) is 0 Å². The van der Waals surface area contributed by atoms with Gasteiger partial charge >= 0.3 is 0 Å². The molecule has 1 unspecified atom stereocenters. The molecule has 0 saturated carbocycles. The lowest BCUT2D eigenvalue weighted by molar-refractivity contribution is -0.131. The molecule has 6 heteroatoms. The van der Waals surface area contributed by atoms with Crippen LogP contribution in [0.5, 0.6) is 0 Å². The summed E-state index contributed by atoms with van der Waals surface area (Å²) in [6.07, 6.45) is 1.42. The van der Waals surface area contributed by atoms with Gasteiger partial charge in [-0.25, -0.2) is 0 Å². The van der Waals surface area contributed by atoms with Crippen LogP contribution in [0.15, 0.2) is 54.6 Å². The Morgan fingerprint density at radius 3 is 2.57 bits per heavy atom. The fourth-order valence-electron chi connectivity index (χ4n) is 3.61. The summed E-state index contributed by atoms with van der Waals surface area (Å²) in [6.45, 7) is 2.19. The van der Waals surface area contributed by atoms with Crippen LogP contribution in [-0.2, 0) is 16.0 Å². The van der Waals surface area contributed by atoms with E-state index in [9.17, 15) is 14.7 Å². The first-order valence-electron chi connectivity index (χ1n) is 9.57. The van der Waals surface area contributed by atoms with Gasteiger partial charge in [-0.3, -0.25) is 14.5 Å². The second-order valence-electron chi connectivity index (χ2n) is 7.27. The van der Waals surface area contributed by atoms with E-state index in [0.717, 1.165) is 24.1 Å². The lowest BCUT2D eigenvalue weighted by Crippen LogP contribution is -2.39. The largest absolute Gasteiger partial charge is 0.392 e. The molecule has 2 aromatic rings. The number of likely N-dealkylation sites (tertiary alicyclic amines) is 1. The van der Waals surface area contributed by atoms with Crippen LogP contribution in [0, 0.1) is 0 Å². The number of carbonyl (C=O) groups is 2. The van der Waals surface area contributed by atoms with Crippen molar-refractivity contribution in [2.75, 3.05) is 32.0 Å². The number of aliphatic hydroxyl groups is 1. The van der Waals surface area contributed by atoms with Gasteiger partial charge in [-0.05, 0) is 29.7 Å². The van der Waals surface area contributed by atoms with Gasteiger partial charge in [-0.15, -0.1) is 0 Å². The predicted octanol–water partition coefficient (Wildman–Crippen LogP) is 2.06. The van der Waals surface area contributed by atoms with Crippen LogP contribution in [0.3, 0.4) is 0 Å². The molecular weight excluding hydrogens is 354 g/mol. The number of β-amino-alcohol motifs (C(OH)–C–C–N with tert-alkyl or cyclic N) is 1. The van der Waals surface area contributed by atoms with Crippen molar-refractivity contribution < 1.29 is 14.7 Å². The summed E-state index contributed by atoms with van der Waals surface area (Å²) in [6, 6.07) is 17.2. The van der Waals surface area contributed by atoms with Gasteiger partial charge in [0.1, 0.15) is 0 Å². The zero-order chi connectivity index (χ0) is 19.9. The molecule has 1 saturated heterocycles. The monoisotopic (exact) mass is 381 g/mol. The average Bonchev–Trinajstić information content (AvgIpc) is 3.13.